The number of benzene rings is 2. The number of aryl methyl sites for hydroxylation is 2. The smallest absolute Gasteiger partial charge is 0.105 e. The molecule has 25 heavy (non-hydrogen) atoms. The van der Waals surface area contributed by atoms with Crippen molar-refractivity contribution in [3.8, 4) is 11.1 Å². The summed E-state index contributed by atoms with van der Waals surface area (Å²) in [6, 6.07) is 15.0. The van der Waals surface area contributed by atoms with Gasteiger partial charge in [-0.2, -0.15) is 10.2 Å². The van der Waals surface area contributed by atoms with Crippen LogP contribution in [0.3, 0.4) is 0 Å². The maximum atomic E-state index is 4.27. The fourth-order valence-corrected chi connectivity index (χ4v) is 3.06. The topological polar surface area (TPSA) is 43.6 Å². The maximum Gasteiger partial charge on any atom is 0.105 e. The fourth-order valence-electron chi connectivity index (χ4n) is 3.06. The summed E-state index contributed by atoms with van der Waals surface area (Å²) < 4.78 is 2.07. The van der Waals surface area contributed by atoms with Crippen molar-refractivity contribution < 1.29 is 0 Å². The molecule has 0 bridgehead atoms. The molecule has 0 radical (unpaired) electrons. The van der Waals surface area contributed by atoms with E-state index < -0.39 is 0 Å². The summed E-state index contributed by atoms with van der Waals surface area (Å²) in [4.78, 5) is 4.25. The van der Waals surface area contributed by atoms with Gasteiger partial charge in [-0.15, -0.1) is 12.4 Å². The summed E-state index contributed by atoms with van der Waals surface area (Å²) in [7, 11) is 0. The monoisotopic (exact) mass is 350 g/mol. The molecule has 0 aliphatic heterocycles. The standard InChI is InChI=1S/C20H18N4.ClH/c1-14-9-17(10-16-5-3-4-6-20(14)16)18-11-19(23-22-12-18)13-24-8-7-21-15(24)2;/h3-12H,13H2,1-2H3;1H. The average molecular weight is 351 g/mol. The van der Waals surface area contributed by atoms with Gasteiger partial charge in [0.05, 0.1) is 18.4 Å². The first-order chi connectivity index (χ1) is 11.7. The van der Waals surface area contributed by atoms with Gasteiger partial charge in [0.25, 0.3) is 0 Å². The van der Waals surface area contributed by atoms with E-state index in [0.29, 0.717) is 6.54 Å². The zero-order valence-corrected chi connectivity index (χ0v) is 15.0. The Balaban J connectivity index is 0.00000182. The molecule has 2 aromatic carbocycles. The minimum Gasteiger partial charge on any atom is -0.329 e. The molecule has 4 aromatic rings. The molecule has 5 heteroatoms. The summed E-state index contributed by atoms with van der Waals surface area (Å²) in [6.07, 6.45) is 5.59. The molecule has 126 valence electrons. The van der Waals surface area contributed by atoms with Crippen LogP contribution in [0.1, 0.15) is 17.1 Å². The Morgan fingerprint density at radius 2 is 1.84 bits per heavy atom. The van der Waals surface area contributed by atoms with Crippen LogP contribution in [0.25, 0.3) is 21.9 Å². The molecule has 0 spiro atoms. The molecule has 0 N–H and O–H groups in total. The first kappa shape index (κ1) is 17.1. The summed E-state index contributed by atoms with van der Waals surface area (Å²) in [5.41, 5.74) is 4.46. The SMILES string of the molecule is Cc1cc(-c2cnnc(Cn3ccnc3C)c2)cc2ccccc12.Cl. The van der Waals surface area contributed by atoms with Crippen molar-refractivity contribution in [1.82, 2.24) is 19.7 Å². The van der Waals surface area contributed by atoms with Crippen LogP contribution in [0.15, 0.2) is 61.1 Å². The molecule has 2 aromatic heterocycles. The molecule has 0 saturated heterocycles. The van der Waals surface area contributed by atoms with Gasteiger partial charge < -0.3 is 4.57 Å². The number of hydrogen-bond acceptors (Lipinski definition) is 3. The van der Waals surface area contributed by atoms with Crippen LogP contribution in [0.4, 0.5) is 0 Å². The predicted octanol–water partition coefficient (Wildman–Crippen LogP) is 4.58. The van der Waals surface area contributed by atoms with Crippen molar-refractivity contribution in [2.75, 3.05) is 0 Å². The highest BCUT2D eigenvalue weighted by Crippen LogP contribution is 2.27. The van der Waals surface area contributed by atoms with Crippen molar-refractivity contribution in [3.05, 3.63) is 78.1 Å². The Hall–Kier alpha value is -2.72. The number of halogens is 1. The van der Waals surface area contributed by atoms with Crippen molar-refractivity contribution in [3.63, 3.8) is 0 Å². The predicted molar refractivity (Wildman–Crippen MR) is 103 cm³/mol. The average Bonchev–Trinajstić information content (AvgIpc) is 3.00. The molecular formula is C20H19ClN4. The minimum atomic E-state index is 0. The lowest BCUT2D eigenvalue weighted by atomic mass is 9.98. The molecule has 0 saturated carbocycles. The third kappa shape index (κ3) is 3.39. The van der Waals surface area contributed by atoms with Gasteiger partial charge in [-0.3, -0.25) is 0 Å². The zero-order valence-electron chi connectivity index (χ0n) is 14.2. The number of imidazole rings is 1. The lowest BCUT2D eigenvalue weighted by Gasteiger charge is -2.09. The van der Waals surface area contributed by atoms with Crippen molar-refractivity contribution in [2.24, 2.45) is 0 Å². The van der Waals surface area contributed by atoms with Crippen molar-refractivity contribution in [2.45, 2.75) is 20.4 Å². The molecule has 4 nitrogen and oxygen atoms in total. The number of nitrogens with zero attached hydrogens (tertiary/aromatic N) is 4. The Kier molecular flexibility index (Phi) is 4.81. The van der Waals surface area contributed by atoms with E-state index in [1.54, 1.807) is 6.20 Å². The molecule has 0 unspecified atom stereocenters. The third-order valence-electron chi connectivity index (χ3n) is 4.36. The molecular weight excluding hydrogens is 332 g/mol. The summed E-state index contributed by atoms with van der Waals surface area (Å²) in [5.74, 6) is 0.976. The van der Waals surface area contributed by atoms with E-state index in [2.05, 4.69) is 69.1 Å². The quantitative estimate of drug-likeness (QED) is 0.543. The molecule has 0 aliphatic carbocycles. The van der Waals surface area contributed by atoms with Crippen LogP contribution in [0.2, 0.25) is 0 Å². The number of hydrogen-bond donors (Lipinski definition) is 0. The van der Waals surface area contributed by atoms with Gasteiger partial charge >= 0.3 is 0 Å². The van der Waals surface area contributed by atoms with Gasteiger partial charge in [0.1, 0.15) is 5.82 Å². The van der Waals surface area contributed by atoms with E-state index >= 15 is 0 Å². The van der Waals surface area contributed by atoms with Crippen LogP contribution in [-0.2, 0) is 6.54 Å². The first-order valence-electron chi connectivity index (χ1n) is 8.00. The summed E-state index contributed by atoms with van der Waals surface area (Å²) in [6.45, 7) is 4.82. The highest BCUT2D eigenvalue weighted by atomic mass is 35.5. The van der Waals surface area contributed by atoms with E-state index in [1.165, 1.54) is 21.9 Å². The summed E-state index contributed by atoms with van der Waals surface area (Å²) in [5, 5.41) is 11.0. The van der Waals surface area contributed by atoms with E-state index in [9.17, 15) is 0 Å². The molecule has 0 atom stereocenters. The lowest BCUT2D eigenvalue weighted by molar-refractivity contribution is 0.727. The van der Waals surface area contributed by atoms with Gasteiger partial charge in [0.2, 0.25) is 0 Å². The van der Waals surface area contributed by atoms with E-state index in [-0.39, 0.29) is 12.4 Å². The molecule has 2 heterocycles. The van der Waals surface area contributed by atoms with Crippen LogP contribution in [0.5, 0.6) is 0 Å². The Bertz CT molecular complexity index is 1020. The molecule has 4 rings (SSSR count). The maximum absolute atomic E-state index is 4.27. The number of fused-ring (bicyclic) bond motifs is 1. The highest BCUT2D eigenvalue weighted by molar-refractivity contribution is 5.90. The molecule has 0 amide bonds. The molecule has 0 aliphatic rings. The summed E-state index contributed by atoms with van der Waals surface area (Å²) >= 11 is 0. The third-order valence-corrected chi connectivity index (χ3v) is 4.36. The highest BCUT2D eigenvalue weighted by Gasteiger charge is 2.06. The second-order valence-electron chi connectivity index (χ2n) is 6.05. The van der Waals surface area contributed by atoms with Gasteiger partial charge in [-0.25, -0.2) is 4.98 Å². The largest absolute Gasteiger partial charge is 0.329 e. The van der Waals surface area contributed by atoms with E-state index in [0.717, 1.165) is 17.1 Å². The van der Waals surface area contributed by atoms with Crippen molar-refractivity contribution >= 4 is 23.2 Å². The Labute approximate surface area is 153 Å². The normalized spacial score (nSPS) is 10.6. The minimum absolute atomic E-state index is 0. The van der Waals surface area contributed by atoms with Gasteiger partial charge in [0.15, 0.2) is 0 Å². The van der Waals surface area contributed by atoms with Crippen LogP contribution in [-0.4, -0.2) is 19.7 Å². The van der Waals surface area contributed by atoms with Gasteiger partial charge in [-0.1, -0.05) is 30.3 Å². The number of aromatic nitrogens is 4. The number of rotatable bonds is 3. The molecule has 0 fully saturated rings. The van der Waals surface area contributed by atoms with Crippen molar-refractivity contribution in [1.29, 1.82) is 0 Å². The van der Waals surface area contributed by atoms with Gasteiger partial charge in [0, 0.05) is 18.0 Å². The van der Waals surface area contributed by atoms with Crippen LogP contribution < -0.4 is 0 Å². The Morgan fingerprint density at radius 1 is 1.00 bits per heavy atom. The van der Waals surface area contributed by atoms with Crippen LogP contribution in [0, 0.1) is 13.8 Å². The van der Waals surface area contributed by atoms with Gasteiger partial charge in [-0.05, 0) is 47.9 Å². The van der Waals surface area contributed by atoms with E-state index in [1.807, 2.05) is 19.3 Å². The Morgan fingerprint density at radius 3 is 2.64 bits per heavy atom. The second kappa shape index (κ2) is 7.03. The zero-order chi connectivity index (χ0) is 16.5. The first-order valence-corrected chi connectivity index (χ1v) is 8.00. The second-order valence-corrected chi connectivity index (χ2v) is 6.05. The van der Waals surface area contributed by atoms with Crippen LogP contribution >= 0.6 is 12.4 Å². The van der Waals surface area contributed by atoms with E-state index in [4.69, 9.17) is 0 Å². The fraction of sp³-hybridized carbons (Fsp3) is 0.150. The lowest BCUT2D eigenvalue weighted by Crippen LogP contribution is -2.04.